The molecule has 194 valence electrons. The lowest BCUT2D eigenvalue weighted by Gasteiger charge is -2.49. The highest BCUT2D eigenvalue weighted by Crippen LogP contribution is 2.42. The van der Waals surface area contributed by atoms with E-state index in [1.54, 1.807) is 27.9 Å². The van der Waals surface area contributed by atoms with Gasteiger partial charge < -0.3 is 34.6 Å². The number of benzene rings is 1. The first-order valence-electron chi connectivity index (χ1n) is 11.5. The molecule has 1 atom stereocenters. The summed E-state index contributed by atoms with van der Waals surface area (Å²) >= 11 is 0. The Balaban J connectivity index is 1.31. The quantitative estimate of drug-likeness (QED) is 0.332. The van der Waals surface area contributed by atoms with Gasteiger partial charge in [-0.3, -0.25) is 0 Å². The van der Waals surface area contributed by atoms with Crippen molar-refractivity contribution in [3.63, 3.8) is 0 Å². The molecule has 2 fully saturated rings. The molecule has 3 aromatic rings. The van der Waals surface area contributed by atoms with Gasteiger partial charge in [-0.15, -0.1) is 0 Å². The van der Waals surface area contributed by atoms with E-state index >= 15 is 0 Å². The highest BCUT2D eigenvalue weighted by atomic mass is 19.4. The van der Waals surface area contributed by atoms with E-state index in [-0.39, 0.29) is 6.04 Å². The van der Waals surface area contributed by atoms with E-state index in [4.69, 9.17) is 4.74 Å². The molecule has 2 aromatic heterocycles. The lowest BCUT2D eigenvalue weighted by atomic mass is 9.91. The Morgan fingerprint density at radius 1 is 1.16 bits per heavy atom. The molecule has 10 nitrogen and oxygen atoms in total. The van der Waals surface area contributed by atoms with Crippen LogP contribution < -0.4 is 10.2 Å². The number of hydrogen-bond acceptors (Lipinski definition) is 9. The molecule has 1 unspecified atom stereocenters. The number of aromatic nitrogens is 4. The summed E-state index contributed by atoms with van der Waals surface area (Å²) in [6, 6.07) is 6.19. The largest absolute Gasteiger partial charge is 0.416 e. The van der Waals surface area contributed by atoms with Crippen molar-refractivity contribution >= 4 is 19.6 Å². The zero-order valence-electron chi connectivity index (χ0n) is 20.1. The molecule has 2 aliphatic heterocycles. The van der Waals surface area contributed by atoms with E-state index in [0.29, 0.717) is 48.7 Å². The number of aliphatic hydroxyl groups is 2. The third-order valence-electron chi connectivity index (χ3n) is 6.46. The van der Waals surface area contributed by atoms with Crippen LogP contribution in [0.1, 0.15) is 24.2 Å². The number of hydrogen-bond donors (Lipinski definition) is 3. The SMILES string of the molecule is BC(O)(O)N1C(=C)N(c2ccnc(NC(C)c3cn(-c4ccc(C(F)(F)F)cc4)cn3)n2)CC12COC2. The Hall–Kier alpha value is -3.62. The first-order valence-corrected chi connectivity index (χ1v) is 11.5. The molecule has 0 aliphatic carbocycles. The maximum Gasteiger partial charge on any atom is 0.416 e. The zero-order valence-corrected chi connectivity index (χ0v) is 20.1. The molecule has 2 saturated heterocycles. The second kappa shape index (κ2) is 8.75. The number of alkyl halides is 3. The lowest BCUT2D eigenvalue weighted by Crippen LogP contribution is -2.67. The first-order chi connectivity index (χ1) is 17.4. The predicted molar refractivity (Wildman–Crippen MR) is 130 cm³/mol. The molecule has 1 aromatic carbocycles. The van der Waals surface area contributed by atoms with Gasteiger partial charge in [0.15, 0.2) is 5.81 Å². The van der Waals surface area contributed by atoms with Crippen LogP contribution in [0.5, 0.6) is 0 Å². The average Bonchev–Trinajstić information content (AvgIpc) is 3.42. The van der Waals surface area contributed by atoms with E-state index in [1.807, 2.05) is 6.92 Å². The zero-order chi connectivity index (χ0) is 26.6. The molecule has 3 N–H and O–H groups in total. The minimum Gasteiger partial charge on any atom is -0.376 e. The molecule has 0 bridgehead atoms. The van der Waals surface area contributed by atoms with Crippen molar-refractivity contribution in [2.45, 2.75) is 30.5 Å². The van der Waals surface area contributed by atoms with Gasteiger partial charge in [-0.2, -0.15) is 18.2 Å². The van der Waals surface area contributed by atoms with Gasteiger partial charge in [0.1, 0.15) is 17.2 Å². The minimum absolute atomic E-state index is 0.315. The van der Waals surface area contributed by atoms with Crippen LogP contribution in [0.15, 0.2) is 61.5 Å². The van der Waals surface area contributed by atoms with E-state index in [0.717, 1.165) is 12.1 Å². The van der Waals surface area contributed by atoms with Crippen molar-refractivity contribution in [3.05, 3.63) is 72.7 Å². The van der Waals surface area contributed by atoms with E-state index in [2.05, 4.69) is 26.8 Å². The number of ether oxygens (including phenoxy) is 1. The molecule has 5 rings (SSSR count). The summed E-state index contributed by atoms with van der Waals surface area (Å²) in [7, 11) is 1.28. The van der Waals surface area contributed by atoms with E-state index in [1.165, 1.54) is 31.2 Å². The topological polar surface area (TPSA) is 112 Å². The van der Waals surface area contributed by atoms with Crippen LogP contribution in [0, 0.1) is 0 Å². The Bertz CT molecular complexity index is 1310. The number of halogens is 3. The van der Waals surface area contributed by atoms with Gasteiger partial charge in [-0.25, -0.2) is 9.97 Å². The molecule has 0 amide bonds. The summed E-state index contributed by atoms with van der Waals surface area (Å²) in [5.41, 5.74) is -0.159. The standard InChI is InChI=1S/C23H25BF3N7O3/c1-14(18-9-32(13-29-18)17-5-3-16(4-6-17)22(25,26)27)30-20-28-8-7-19(31-20)33-10-21(11-37-12-21)34(15(33)2)23(24,35)36/h3-9,13-14,35-36H,2,10-12,24H2,1H3,(H,28,30,31). The summed E-state index contributed by atoms with van der Waals surface area (Å²) in [5, 5.41) is 23.8. The number of anilines is 2. The van der Waals surface area contributed by atoms with Crippen molar-refractivity contribution in [1.82, 2.24) is 24.4 Å². The van der Waals surface area contributed by atoms with Crippen molar-refractivity contribution in [2.24, 2.45) is 0 Å². The second-order valence-electron chi connectivity index (χ2n) is 9.38. The van der Waals surface area contributed by atoms with Gasteiger partial charge in [0.05, 0.1) is 43.4 Å². The van der Waals surface area contributed by atoms with E-state index < -0.39 is 23.1 Å². The predicted octanol–water partition coefficient (Wildman–Crippen LogP) is 1.45. The summed E-state index contributed by atoms with van der Waals surface area (Å²) in [6.45, 7) is 6.97. The molecule has 4 heterocycles. The summed E-state index contributed by atoms with van der Waals surface area (Å²) in [5.74, 6) is -0.911. The lowest BCUT2D eigenvalue weighted by molar-refractivity contribution is -0.248. The number of rotatable bonds is 6. The molecule has 14 heteroatoms. The Morgan fingerprint density at radius 2 is 1.86 bits per heavy atom. The monoisotopic (exact) mass is 515 g/mol. The van der Waals surface area contributed by atoms with Crippen LogP contribution in [0.25, 0.3) is 5.69 Å². The average molecular weight is 515 g/mol. The van der Waals surface area contributed by atoms with Crippen LogP contribution in [-0.4, -0.2) is 73.6 Å². The molecule has 1 spiro atoms. The van der Waals surface area contributed by atoms with Crippen LogP contribution in [0.4, 0.5) is 24.9 Å². The van der Waals surface area contributed by atoms with Gasteiger partial charge in [-0.1, -0.05) is 6.58 Å². The number of imidazole rings is 1. The summed E-state index contributed by atoms with van der Waals surface area (Å²) in [4.78, 5) is 16.5. The second-order valence-corrected chi connectivity index (χ2v) is 9.38. The molecule has 2 aliphatic rings. The van der Waals surface area contributed by atoms with Crippen LogP contribution in [0.3, 0.4) is 0 Å². The fourth-order valence-corrected chi connectivity index (χ4v) is 4.68. The first kappa shape index (κ1) is 25.1. The van der Waals surface area contributed by atoms with Gasteiger partial charge in [-0.05, 0) is 37.3 Å². The third kappa shape index (κ3) is 4.63. The van der Waals surface area contributed by atoms with Crippen LogP contribution in [0.2, 0.25) is 0 Å². The Morgan fingerprint density at radius 3 is 2.43 bits per heavy atom. The van der Waals surface area contributed by atoms with Crippen molar-refractivity contribution in [1.29, 1.82) is 0 Å². The number of nitrogens with one attached hydrogen (secondary N) is 1. The highest BCUT2D eigenvalue weighted by Gasteiger charge is 2.57. The fraction of sp³-hybridized carbons (Fsp3) is 0.348. The third-order valence-corrected chi connectivity index (χ3v) is 6.46. The summed E-state index contributed by atoms with van der Waals surface area (Å²) < 4.78 is 45.5. The van der Waals surface area contributed by atoms with Crippen LogP contribution in [-0.2, 0) is 10.9 Å². The molecular weight excluding hydrogens is 490 g/mol. The van der Waals surface area contributed by atoms with Crippen molar-refractivity contribution in [2.75, 3.05) is 30.0 Å². The van der Waals surface area contributed by atoms with E-state index in [9.17, 15) is 23.4 Å². The Labute approximate surface area is 211 Å². The normalized spacial score (nSPS) is 18.3. The molecule has 37 heavy (non-hydrogen) atoms. The van der Waals surface area contributed by atoms with Crippen molar-refractivity contribution < 1.29 is 28.1 Å². The van der Waals surface area contributed by atoms with Gasteiger partial charge in [0, 0.05) is 18.1 Å². The highest BCUT2D eigenvalue weighted by molar-refractivity contribution is 6.12. The van der Waals surface area contributed by atoms with Gasteiger partial charge >= 0.3 is 6.18 Å². The van der Waals surface area contributed by atoms with Gasteiger partial charge in [0.25, 0.3) is 0 Å². The van der Waals surface area contributed by atoms with Gasteiger partial charge in [0.2, 0.25) is 13.8 Å². The maximum atomic E-state index is 12.8. The maximum absolute atomic E-state index is 12.8. The molecular formula is C23H25BF3N7O3. The molecule has 0 radical (unpaired) electrons. The minimum atomic E-state index is -4.40. The van der Waals surface area contributed by atoms with Crippen LogP contribution >= 0.6 is 0 Å². The Kier molecular flexibility index (Phi) is 5.92. The fourth-order valence-electron chi connectivity index (χ4n) is 4.68. The molecule has 0 saturated carbocycles. The number of nitrogens with zero attached hydrogens (tertiary/aromatic N) is 6. The smallest absolute Gasteiger partial charge is 0.376 e. The van der Waals surface area contributed by atoms with Crippen molar-refractivity contribution in [3.8, 4) is 5.69 Å². The summed E-state index contributed by atoms with van der Waals surface area (Å²) in [6.07, 6.45) is 0.424.